The maximum absolute atomic E-state index is 8.54. The Bertz CT molecular complexity index is 316. The molecule has 1 aromatic carbocycles. The predicted molar refractivity (Wildman–Crippen MR) is 54.3 cm³/mol. The molecule has 0 aliphatic carbocycles. The van der Waals surface area contributed by atoms with Crippen LogP contribution in [0.5, 0.6) is 5.75 Å². The molecule has 0 aromatic heterocycles. The number of hydrogen-bond acceptors (Lipinski definition) is 2. The van der Waals surface area contributed by atoms with E-state index in [-0.39, 0.29) is 6.79 Å². The van der Waals surface area contributed by atoms with E-state index in [9.17, 15) is 0 Å². The van der Waals surface area contributed by atoms with Crippen LogP contribution in [0, 0.1) is 0 Å². The monoisotopic (exact) mass is 176 g/mol. The second-order valence-corrected chi connectivity index (χ2v) is 2.47. The van der Waals surface area contributed by atoms with Gasteiger partial charge in [-0.2, -0.15) is 0 Å². The highest BCUT2D eigenvalue weighted by Crippen LogP contribution is 2.19. The molecule has 0 heterocycles. The first-order valence-corrected chi connectivity index (χ1v) is 3.94. The van der Waals surface area contributed by atoms with E-state index in [0.29, 0.717) is 5.75 Å². The molecule has 0 bridgehead atoms. The molecule has 0 aliphatic heterocycles. The summed E-state index contributed by atoms with van der Waals surface area (Å²) < 4.78 is 4.92. The van der Waals surface area contributed by atoms with E-state index in [2.05, 4.69) is 13.2 Å². The van der Waals surface area contributed by atoms with Gasteiger partial charge in [-0.15, -0.1) is 0 Å². The third-order valence-corrected chi connectivity index (χ3v) is 1.73. The summed E-state index contributed by atoms with van der Waals surface area (Å²) in [5, 5.41) is 8.54. The average Bonchev–Trinajstić information content (AvgIpc) is 2.18. The molecule has 1 aromatic rings. The van der Waals surface area contributed by atoms with Crippen molar-refractivity contribution in [2.24, 2.45) is 0 Å². The van der Waals surface area contributed by atoms with Crippen molar-refractivity contribution in [3.05, 3.63) is 42.5 Å². The molecular weight excluding hydrogens is 164 g/mol. The fourth-order valence-corrected chi connectivity index (χ4v) is 1.08. The molecule has 0 amide bonds. The standard InChI is InChI=1S/C11H12O2/c1-3-9-5-6-11(13-8-12)7-10(9)4-2/h3-7,12H,1-2,8H2. The summed E-state index contributed by atoms with van der Waals surface area (Å²) in [5.41, 5.74) is 1.95. The van der Waals surface area contributed by atoms with Crippen LogP contribution in [0.15, 0.2) is 31.4 Å². The normalized spacial score (nSPS) is 9.31. The molecular formula is C11H12O2. The van der Waals surface area contributed by atoms with E-state index in [4.69, 9.17) is 9.84 Å². The van der Waals surface area contributed by atoms with Gasteiger partial charge in [0.1, 0.15) is 5.75 Å². The number of benzene rings is 1. The van der Waals surface area contributed by atoms with Gasteiger partial charge in [0, 0.05) is 0 Å². The number of rotatable bonds is 4. The molecule has 0 saturated heterocycles. The van der Waals surface area contributed by atoms with Gasteiger partial charge in [0.15, 0.2) is 6.79 Å². The highest BCUT2D eigenvalue weighted by atomic mass is 16.6. The van der Waals surface area contributed by atoms with Gasteiger partial charge in [0.05, 0.1) is 0 Å². The molecule has 0 fully saturated rings. The van der Waals surface area contributed by atoms with Gasteiger partial charge in [-0.05, 0) is 23.3 Å². The molecule has 1 N–H and O–H groups in total. The minimum absolute atomic E-state index is 0.315. The fraction of sp³-hybridized carbons (Fsp3) is 0.0909. The number of ether oxygens (including phenoxy) is 1. The summed E-state index contributed by atoms with van der Waals surface area (Å²) in [4.78, 5) is 0. The zero-order valence-corrected chi connectivity index (χ0v) is 7.36. The van der Waals surface area contributed by atoms with Gasteiger partial charge < -0.3 is 9.84 Å². The van der Waals surface area contributed by atoms with Crippen LogP contribution in [0.3, 0.4) is 0 Å². The average molecular weight is 176 g/mol. The van der Waals surface area contributed by atoms with Gasteiger partial charge >= 0.3 is 0 Å². The fourth-order valence-electron chi connectivity index (χ4n) is 1.08. The first-order valence-electron chi connectivity index (χ1n) is 3.94. The molecule has 68 valence electrons. The second kappa shape index (κ2) is 4.48. The second-order valence-electron chi connectivity index (χ2n) is 2.47. The van der Waals surface area contributed by atoms with Crippen LogP contribution in [-0.2, 0) is 0 Å². The van der Waals surface area contributed by atoms with Crippen LogP contribution in [0.4, 0.5) is 0 Å². The summed E-state index contributed by atoms with van der Waals surface area (Å²) in [7, 11) is 0. The molecule has 0 radical (unpaired) electrons. The van der Waals surface area contributed by atoms with Crippen molar-refractivity contribution in [2.45, 2.75) is 0 Å². The molecule has 13 heavy (non-hydrogen) atoms. The zero-order valence-electron chi connectivity index (χ0n) is 7.36. The van der Waals surface area contributed by atoms with Crippen molar-refractivity contribution in [2.75, 3.05) is 6.79 Å². The molecule has 0 saturated carbocycles. The first-order chi connectivity index (χ1) is 6.31. The molecule has 0 atom stereocenters. The van der Waals surface area contributed by atoms with Crippen molar-refractivity contribution in [3.63, 3.8) is 0 Å². The third kappa shape index (κ3) is 2.20. The number of aliphatic hydroxyl groups excluding tert-OH is 1. The predicted octanol–water partition coefficient (Wildman–Crippen LogP) is 2.30. The Morgan fingerprint density at radius 2 is 1.92 bits per heavy atom. The van der Waals surface area contributed by atoms with Crippen molar-refractivity contribution in [1.29, 1.82) is 0 Å². The molecule has 2 heteroatoms. The van der Waals surface area contributed by atoms with Gasteiger partial charge in [-0.3, -0.25) is 0 Å². The Kier molecular flexibility index (Phi) is 3.29. The van der Waals surface area contributed by atoms with Crippen LogP contribution in [-0.4, -0.2) is 11.9 Å². The molecule has 0 aliphatic rings. The van der Waals surface area contributed by atoms with Gasteiger partial charge in [0.25, 0.3) is 0 Å². The zero-order chi connectivity index (χ0) is 9.68. The Morgan fingerprint density at radius 1 is 1.23 bits per heavy atom. The summed E-state index contributed by atoms with van der Waals surface area (Å²) >= 11 is 0. The Balaban J connectivity index is 3.05. The first kappa shape index (κ1) is 9.55. The lowest BCUT2D eigenvalue weighted by Crippen LogP contribution is -1.95. The van der Waals surface area contributed by atoms with Crippen molar-refractivity contribution >= 4 is 12.2 Å². The lowest BCUT2D eigenvalue weighted by molar-refractivity contribution is 0.0985. The van der Waals surface area contributed by atoms with E-state index in [1.54, 1.807) is 24.3 Å². The topological polar surface area (TPSA) is 29.5 Å². The summed E-state index contributed by atoms with van der Waals surface area (Å²) in [6.07, 6.45) is 3.47. The summed E-state index contributed by atoms with van der Waals surface area (Å²) in [5.74, 6) is 0.628. The number of aliphatic hydroxyl groups is 1. The summed E-state index contributed by atoms with van der Waals surface area (Å²) in [6, 6.07) is 5.45. The molecule has 1 rings (SSSR count). The van der Waals surface area contributed by atoms with Crippen molar-refractivity contribution in [3.8, 4) is 5.75 Å². The minimum atomic E-state index is -0.315. The largest absolute Gasteiger partial charge is 0.468 e. The minimum Gasteiger partial charge on any atom is -0.468 e. The van der Waals surface area contributed by atoms with Crippen molar-refractivity contribution in [1.82, 2.24) is 0 Å². The third-order valence-electron chi connectivity index (χ3n) is 1.73. The quantitative estimate of drug-likeness (QED) is 0.713. The van der Waals surface area contributed by atoms with E-state index in [1.165, 1.54) is 0 Å². The van der Waals surface area contributed by atoms with Crippen LogP contribution in [0.1, 0.15) is 11.1 Å². The Hall–Kier alpha value is -1.54. The van der Waals surface area contributed by atoms with E-state index in [1.807, 2.05) is 6.07 Å². The van der Waals surface area contributed by atoms with Crippen LogP contribution in [0.25, 0.3) is 12.2 Å². The molecule has 0 unspecified atom stereocenters. The van der Waals surface area contributed by atoms with E-state index >= 15 is 0 Å². The van der Waals surface area contributed by atoms with E-state index in [0.717, 1.165) is 11.1 Å². The highest BCUT2D eigenvalue weighted by Gasteiger charge is 1.98. The van der Waals surface area contributed by atoms with Gasteiger partial charge in [0.2, 0.25) is 0 Å². The van der Waals surface area contributed by atoms with Crippen molar-refractivity contribution < 1.29 is 9.84 Å². The lowest BCUT2D eigenvalue weighted by Gasteiger charge is -2.05. The lowest BCUT2D eigenvalue weighted by atomic mass is 10.1. The van der Waals surface area contributed by atoms with Gasteiger partial charge in [-0.1, -0.05) is 31.4 Å². The maximum atomic E-state index is 8.54. The number of hydrogen-bond donors (Lipinski definition) is 1. The van der Waals surface area contributed by atoms with E-state index < -0.39 is 0 Å². The van der Waals surface area contributed by atoms with Gasteiger partial charge in [-0.25, -0.2) is 0 Å². The molecule has 0 spiro atoms. The Morgan fingerprint density at radius 3 is 2.46 bits per heavy atom. The highest BCUT2D eigenvalue weighted by molar-refractivity contribution is 5.65. The summed E-state index contributed by atoms with van der Waals surface area (Å²) in [6.45, 7) is 7.04. The SMILES string of the molecule is C=Cc1ccc(OCO)cc1C=C. The van der Waals surface area contributed by atoms with Crippen LogP contribution < -0.4 is 4.74 Å². The van der Waals surface area contributed by atoms with Crippen LogP contribution >= 0.6 is 0 Å². The molecule has 2 nitrogen and oxygen atoms in total. The Labute approximate surface area is 77.8 Å². The maximum Gasteiger partial charge on any atom is 0.186 e. The van der Waals surface area contributed by atoms with Crippen LogP contribution in [0.2, 0.25) is 0 Å². The smallest absolute Gasteiger partial charge is 0.186 e.